The number of aryl methyl sites for hydroxylation is 2. The van der Waals surface area contributed by atoms with Gasteiger partial charge >= 0.3 is 0 Å². The summed E-state index contributed by atoms with van der Waals surface area (Å²) in [5.41, 5.74) is 4.75. The molecule has 7 heteroatoms. The molecule has 0 fully saturated rings. The summed E-state index contributed by atoms with van der Waals surface area (Å²) in [6, 6.07) is 10.3. The number of hydrogen-bond donors (Lipinski definition) is 1. The van der Waals surface area contributed by atoms with Crippen molar-refractivity contribution in [1.29, 1.82) is 0 Å². The molecule has 3 aromatic rings. The van der Waals surface area contributed by atoms with Crippen LogP contribution in [-0.4, -0.2) is 20.9 Å². The number of carbonyl (C=O) groups is 1. The number of rotatable bonds is 4. The molecule has 0 bridgehead atoms. The Labute approximate surface area is 155 Å². The molecule has 1 aromatic heterocycles. The SMILES string of the molecule is Cc1ccc(-n2nnc(C(=O)NCc3ccc(F)c(Cl)c3)c2C)cc1C. The van der Waals surface area contributed by atoms with Gasteiger partial charge in [-0.2, -0.15) is 0 Å². The number of nitrogens with one attached hydrogen (secondary N) is 1. The van der Waals surface area contributed by atoms with E-state index in [1.54, 1.807) is 17.7 Å². The molecule has 0 spiro atoms. The highest BCUT2D eigenvalue weighted by molar-refractivity contribution is 6.30. The Hall–Kier alpha value is -2.73. The molecule has 3 rings (SSSR count). The Morgan fingerprint density at radius 1 is 1.15 bits per heavy atom. The molecule has 1 heterocycles. The van der Waals surface area contributed by atoms with Gasteiger partial charge in [-0.05, 0) is 61.7 Å². The van der Waals surface area contributed by atoms with Crippen LogP contribution in [0, 0.1) is 26.6 Å². The maximum atomic E-state index is 13.2. The lowest BCUT2D eigenvalue weighted by Gasteiger charge is -2.07. The summed E-state index contributed by atoms with van der Waals surface area (Å²) in [5.74, 6) is -0.841. The summed E-state index contributed by atoms with van der Waals surface area (Å²) in [5, 5.41) is 10.9. The topological polar surface area (TPSA) is 59.8 Å². The highest BCUT2D eigenvalue weighted by Gasteiger charge is 2.17. The molecule has 0 aliphatic carbocycles. The zero-order valence-electron chi connectivity index (χ0n) is 14.7. The predicted molar refractivity (Wildman–Crippen MR) is 98.2 cm³/mol. The Kier molecular flexibility index (Phi) is 5.04. The molecule has 0 aliphatic rings. The molecule has 0 saturated heterocycles. The summed E-state index contributed by atoms with van der Waals surface area (Å²) in [4.78, 5) is 12.4. The largest absolute Gasteiger partial charge is 0.347 e. The summed E-state index contributed by atoms with van der Waals surface area (Å²) in [7, 11) is 0. The van der Waals surface area contributed by atoms with E-state index in [1.165, 1.54) is 17.7 Å². The number of halogens is 2. The van der Waals surface area contributed by atoms with Gasteiger partial charge in [0.05, 0.1) is 16.4 Å². The molecule has 1 N–H and O–H groups in total. The van der Waals surface area contributed by atoms with Crippen LogP contribution < -0.4 is 5.32 Å². The summed E-state index contributed by atoms with van der Waals surface area (Å²) in [6.07, 6.45) is 0. The van der Waals surface area contributed by atoms with Gasteiger partial charge in [0.25, 0.3) is 5.91 Å². The standard InChI is InChI=1S/C19H18ClFN4O/c1-11-4-6-15(8-12(11)2)25-13(3)18(23-24-25)19(26)22-10-14-5-7-17(21)16(20)9-14/h4-9H,10H2,1-3H3,(H,22,26). The van der Waals surface area contributed by atoms with E-state index in [2.05, 4.69) is 15.6 Å². The second-order valence-electron chi connectivity index (χ2n) is 6.13. The second-order valence-corrected chi connectivity index (χ2v) is 6.54. The van der Waals surface area contributed by atoms with E-state index in [9.17, 15) is 9.18 Å². The second kappa shape index (κ2) is 7.25. The van der Waals surface area contributed by atoms with Crippen LogP contribution in [0.4, 0.5) is 4.39 Å². The molecule has 1 amide bonds. The molecule has 0 saturated carbocycles. The Bertz CT molecular complexity index is 984. The van der Waals surface area contributed by atoms with Crippen molar-refractivity contribution >= 4 is 17.5 Å². The minimum Gasteiger partial charge on any atom is -0.347 e. The molecular formula is C19H18ClFN4O. The lowest BCUT2D eigenvalue weighted by atomic mass is 10.1. The van der Waals surface area contributed by atoms with Crippen molar-refractivity contribution in [3.63, 3.8) is 0 Å². The van der Waals surface area contributed by atoms with Gasteiger partial charge in [0.1, 0.15) is 5.82 Å². The van der Waals surface area contributed by atoms with Crippen LogP contribution in [0.5, 0.6) is 0 Å². The van der Waals surface area contributed by atoms with Gasteiger partial charge in [0, 0.05) is 6.54 Å². The van der Waals surface area contributed by atoms with Gasteiger partial charge in [-0.3, -0.25) is 4.79 Å². The van der Waals surface area contributed by atoms with E-state index in [1.807, 2.05) is 32.0 Å². The summed E-state index contributed by atoms with van der Waals surface area (Å²) >= 11 is 5.75. The summed E-state index contributed by atoms with van der Waals surface area (Å²) < 4.78 is 14.8. The monoisotopic (exact) mass is 372 g/mol. The van der Waals surface area contributed by atoms with Crippen molar-refractivity contribution < 1.29 is 9.18 Å². The Morgan fingerprint density at radius 2 is 1.92 bits per heavy atom. The quantitative estimate of drug-likeness (QED) is 0.755. The van der Waals surface area contributed by atoms with E-state index in [0.29, 0.717) is 11.3 Å². The van der Waals surface area contributed by atoms with Gasteiger partial charge in [0.2, 0.25) is 0 Å². The van der Waals surface area contributed by atoms with Crippen LogP contribution in [0.1, 0.15) is 32.9 Å². The van der Waals surface area contributed by atoms with Gasteiger partial charge in [-0.25, -0.2) is 9.07 Å². The molecule has 0 unspecified atom stereocenters. The number of aromatic nitrogens is 3. The first kappa shape index (κ1) is 18.1. The average Bonchev–Trinajstić information content (AvgIpc) is 3.00. The molecule has 26 heavy (non-hydrogen) atoms. The van der Waals surface area contributed by atoms with E-state index in [4.69, 9.17) is 11.6 Å². The number of benzene rings is 2. The van der Waals surface area contributed by atoms with Crippen LogP contribution in [0.15, 0.2) is 36.4 Å². The fraction of sp³-hybridized carbons (Fsp3) is 0.211. The first-order valence-electron chi connectivity index (χ1n) is 8.09. The van der Waals surface area contributed by atoms with Crippen molar-refractivity contribution in [2.45, 2.75) is 27.3 Å². The van der Waals surface area contributed by atoms with Crippen molar-refractivity contribution in [2.24, 2.45) is 0 Å². The van der Waals surface area contributed by atoms with Crippen molar-refractivity contribution in [2.75, 3.05) is 0 Å². The van der Waals surface area contributed by atoms with Gasteiger partial charge in [0.15, 0.2) is 5.69 Å². The fourth-order valence-corrected chi connectivity index (χ4v) is 2.76. The molecule has 0 radical (unpaired) electrons. The van der Waals surface area contributed by atoms with Crippen LogP contribution >= 0.6 is 11.6 Å². The lowest BCUT2D eigenvalue weighted by molar-refractivity contribution is 0.0945. The molecular weight excluding hydrogens is 355 g/mol. The number of nitrogens with zero attached hydrogens (tertiary/aromatic N) is 3. The van der Waals surface area contributed by atoms with E-state index >= 15 is 0 Å². The maximum absolute atomic E-state index is 13.2. The van der Waals surface area contributed by atoms with Crippen molar-refractivity contribution in [3.8, 4) is 5.69 Å². The zero-order valence-corrected chi connectivity index (χ0v) is 15.4. The fourth-order valence-electron chi connectivity index (χ4n) is 2.56. The first-order valence-corrected chi connectivity index (χ1v) is 8.46. The van der Waals surface area contributed by atoms with Gasteiger partial charge < -0.3 is 5.32 Å². The third-order valence-electron chi connectivity index (χ3n) is 4.28. The highest BCUT2D eigenvalue weighted by Crippen LogP contribution is 2.17. The zero-order chi connectivity index (χ0) is 18.8. The van der Waals surface area contributed by atoms with E-state index < -0.39 is 5.82 Å². The average molecular weight is 373 g/mol. The number of carbonyl (C=O) groups excluding carboxylic acids is 1. The molecule has 5 nitrogen and oxygen atoms in total. The van der Waals surface area contributed by atoms with E-state index in [0.717, 1.165) is 11.3 Å². The number of amides is 1. The smallest absolute Gasteiger partial charge is 0.274 e. The maximum Gasteiger partial charge on any atom is 0.274 e. The molecule has 2 aromatic carbocycles. The lowest BCUT2D eigenvalue weighted by Crippen LogP contribution is -2.24. The van der Waals surface area contributed by atoms with E-state index in [-0.39, 0.29) is 23.2 Å². The third kappa shape index (κ3) is 3.60. The normalized spacial score (nSPS) is 10.8. The summed E-state index contributed by atoms with van der Waals surface area (Å²) in [6.45, 7) is 6.06. The molecule has 0 atom stereocenters. The number of hydrogen-bond acceptors (Lipinski definition) is 3. The van der Waals surface area contributed by atoms with Crippen LogP contribution in [0.3, 0.4) is 0 Å². The first-order chi connectivity index (χ1) is 12.4. The highest BCUT2D eigenvalue weighted by atomic mass is 35.5. The van der Waals surface area contributed by atoms with Crippen molar-refractivity contribution in [3.05, 3.63) is 75.3 Å². The van der Waals surface area contributed by atoms with Crippen LogP contribution in [-0.2, 0) is 6.54 Å². The minimum atomic E-state index is -0.492. The minimum absolute atomic E-state index is 0.0219. The van der Waals surface area contributed by atoms with Gasteiger partial charge in [-0.1, -0.05) is 28.9 Å². The van der Waals surface area contributed by atoms with Crippen LogP contribution in [0.2, 0.25) is 5.02 Å². The van der Waals surface area contributed by atoms with Gasteiger partial charge in [-0.15, -0.1) is 5.10 Å². The van der Waals surface area contributed by atoms with Crippen molar-refractivity contribution in [1.82, 2.24) is 20.3 Å². The molecule has 134 valence electrons. The van der Waals surface area contributed by atoms with Crippen LogP contribution in [0.25, 0.3) is 5.69 Å². The Balaban J connectivity index is 1.77. The third-order valence-corrected chi connectivity index (χ3v) is 4.57. The Morgan fingerprint density at radius 3 is 2.62 bits per heavy atom. The molecule has 0 aliphatic heterocycles. The predicted octanol–water partition coefficient (Wildman–Crippen LogP) is 3.92.